The van der Waals surface area contributed by atoms with E-state index in [1.165, 1.54) is 12.8 Å². The van der Waals surface area contributed by atoms with Gasteiger partial charge in [0.25, 0.3) is 0 Å². The Bertz CT molecular complexity index is 775. The van der Waals surface area contributed by atoms with E-state index in [0.717, 1.165) is 73.0 Å². The molecule has 0 saturated carbocycles. The SMILES string of the molecule is Cc1nc(N2CCCC2)nc(-c2ccc(C3(O)CCNCC3)cc2)c1C. The molecule has 0 atom stereocenters. The van der Waals surface area contributed by atoms with Crippen LogP contribution in [0.4, 0.5) is 5.95 Å². The van der Waals surface area contributed by atoms with Gasteiger partial charge >= 0.3 is 0 Å². The van der Waals surface area contributed by atoms with Crippen molar-refractivity contribution in [3.8, 4) is 11.3 Å². The van der Waals surface area contributed by atoms with Crippen LogP contribution in [0, 0.1) is 13.8 Å². The second-order valence-corrected chi connectivity index (χ2v) is 7.64. The van der Waals surface area contributed by atoms with Gasteiger partial charge in [-0.2, -0.15) is 0 Å². The van der Waals surface area contributed by atoms with Crippen LogP contribution in [0.25, 0.3) is 11.3 Å². The van der Waals surface area contributed by atoms with Gasteiger partial charge in [-0.15, -0.1) is 0 Å². The molecule has 1 aromatic heterocycles. The molecular weight excluding hydrogens is 324 g/mol. The number of aromatic nitrogens is 2. The van der Waals surface area contributed by atoms with E-state index < -0.39 is 5.60 Å². The Morgan fingerprint density at radius 3 is 2.31 bits per heavy atom. The Labute approximate surface area is 155 Å². The molecule has 0 amide bonds. The molecule has 5 heteroatoms. The molecule has 0 unspecified atom stereocenters. The molecule has 26 heavy (non-hydrogen) atoms. The van der Waals surface area contributed by atoms with Crippen molar-refractivity contribution in [3.63, 3.8) is 0 Å². The third-order valence-corrected chi connectivity index (χ3v) is 5.89. The lowest BCUT2D eigenvalue weighted by Crippen LogP contribution is -2.39. The Balaban J connectivity index is 1.66. The van der Waals surface area contributed by atoms with Crippen LogP contribution in [0.5, 0.6) is 0 Å². The molecule has 2 N–H and O–H groups in total. The van der Waals surface area contributed by atoms with Gasteiger partial charge in [0.2, 0.25) is 5.95 Å². The van der Waals surface area contributed by atoms with Crippen molar-refractivity contribution < 1.29 is 5.11 Å². The van der Waals surface area contributed by atoms with Crippen molar-refractivity contribution in [2.45, 2.75) is 45.1 Å². The largest absolute Gasteiger partial charge is 0.385 e. The molecule has 5 nitrogen and oxygen atoms in total. The van der Waals surface area contributed by atoms with Crippen molar-refractivity contribution in [2.24, 2.45) is 0 Å². The summed E-state index contributed by atoms with van der Waals surface area (Å²) >= 11 is 0. The highest BCUT2D eigenvalue weighted by Gasteiger charge is 2.31. The maximum Gasteiger partial charge on any atom is 0.226 e. The van der Waals surface area contributed by atoms with Crippen LogP contribution in [0.2, 0.25) is 0 Å². The zero-order valence-corrected chi connectivity index (χ0v) is 15.8. The number of anilines is 1. The molecule has 3 heterocycles. The predicted octanol–water partition coefficient (Wildman–Crippen LogP) is 2.93. The highest BCUT2D eigenvalue weighted by atomic mass is 16.3. The molecular formula is C21H28N4O. The maximum absolute atomic E-state index is 10.9. The highest BCUT2D eigenvalue weighted by Crippen LogP contribution is 2.33. The molecule has 0 radical (unpaired) electrons. The topological polar surface area (TPSA) is 61.3 Å². The summed E-state index contributed by atoms with van der Waals surface area (Å²) in [6.45, 7) is 7.96. The summed E-state index contributed by atoms with van der Waals surface area (Å²) in [4.78, 5) is 11.9. The Morgan fingerprint density at radius 2 is 1.65 bits per heavy atom. The van der Waals surface area contributed by atoms with Gasteiger partial charge in [0.15, 0.2) is 0 Å². The van der Waals surface area contributed by atoms with Gasteiger partial charge in [-0.1, -0.05) is 24.3 Å². The summed E-state index contributed by atoms with van der Waals surface area (Å²) in [6, 6.07) is 8.32. The van der Waals surface area contributed by atoms with Crippen LogP contribution in [0.1, 0.15) is 42.5 Å². The molecule has 138 valence electrons. The Morgan fingerprint density at radius 1 is 1.00 bits per heavy atom. The van der Waals surface area contributed by atoms with Gasteiger partial charge in [-0.3, -0.25) is 0 Å². The van der Waals surface area contributed by atoms with Crippen molar-refractivity contribution >= 4 is 5.95 Å². The predicted molar refractivity (Wildman–Crippen MR) is 104 cm³/mol. The number of rotatable bonds is 3. The summed E-state index contributed by atoms with van der Waals surface area (Å²) in [5, 5.41) is 14.2. The summed E-state index contributed by atoms with van der Waals surface area (Å²) < 4.78 is 0. The van der Waals surface area contributed by atoms with E-state index in [1.54, 1.807) is 0 Å². The first-order valence-electron chi connectivity index (χ1n) is 9.71. The van der Waals surface area contributed by atoms with E-state index in [2.05, 4.69) is 48.3 Å². The van der Waals surface area contributed by atoms with Crippen molar-refractivity contribution in [3.05, 3.63) is 41.1 Å². The van der Waals surface area contributed by atoms with E-state index >= 15 is 0 Å². The number of benzene rings is 1. The normalized spacial score (nSPS) is 19.7. The lowest BCUT2D eigenvalue weighted by atomic mass is 9.84. The molecule has 1 aromatic carbocycles. The minimum Gasteiger partial charge on any atom is -0.385 e. The lowest BCUT2D eigenvalue weighted by molar-refractivity contribution is 0.00595. The smallest absolute Gasteiger partial charge is 0.226 e. The summed E-state index contributed by atoms with van der Waals surface area (Å²) in [6.07, 6.45) is 3.95. The number of nitrogens with one attached hydrogen (secondary N) is 1. The average molecular weight is 352 g/mol. The van der Waals surface area contributed by atoms with Gasteiger partial charge < -0.3 is 15.3 Å². The highest BCUT2D eigenvalue weighted by molar-refractivity contribution is 5.65. The Kier molecular flexibility index (Phi) is 4.67. The van der Waals surface area contributed by atoms with Crippen LogP contribution < -0.4 is 10.2 Å². The first kappa shape index (κ1) is 17.4. The van der Waals surface area contributed by atoms with Gasteiger partial charge in [-0.25, -0.2) is 9.97 Å². The fourth-order valence-corrected chi connectivity index (χ4v) is 4.02. The van der Waals surface area contributed by atoms with Crippen LogP contribution >= 0.6 is 0 Å². The zero-order chi connectivity index (χ0) is 18.1. The van der Waals surface area contributed by atoms with E-state index in [-0.39, 0.29) is 0 Å². The van der Waals surface area contributed by atoms with E-state index in [0.29, 0.717) is 0 Å². The monoisotopic (exact) mass is 352 g/mol. The third-order valence-electron chi connectivity index (χ3n) is 5.89. The fourth-order valence-electron chi connectivity index (χ4n) is 4.02. The third kappa shape index (κ3) is 3.21. The average Bonchev–Trinajstić information content (AvgIpc) is 3.19. The molecule has 4 rings (SSSR count). The van der Waals surface area contributed by atoms with Crippen molar-refractivity contribution in [2.75, 3.05) is 31.1 Å². The summed E-state index contributed by atoms with van der Waals surface area (Å²) in [5.74, 6) is 0.849. The van der Waals surface area contributed by atoms with Crippen LogP contribution in [-0.4, -0.2) is 41.3 Å². The molecule has 2 saturated heterocycles. The molecule has 0 bridgehead atoms. The standard InChI is InChI=1S/C21H28N4O/c1-15-16(2)23-20(25-13-3-4-14-25)24-19(15)17-5-7-18(8-6-17)21(26)9-11-22-12-10-21/h5-8,22,26H,3-4,9-14H2,1-2H3. The van der Waals surface area contributed by atoms with Gasteiger partial charge in [-0.05, 0) is 63.7 Å². The maximum atomic E-state index is 10.9. The number of aryl methyl sites for hydroxylation is 1. The molecule has 2 aliphatic heterocycles. The Hall–Kier alpha value is -1.98. The van der Waals surface area contributed by atoms with Gasteiger partial charge in [0.1, 0.15) is 0 Å². The summed E-state index contributed by atoms with van der Waals surface area (Å²) in [5.41, 5.74) is 4.56. The number of hydrogen-bond donors (Lipinski definition) is 2. The molecule has 0 aliphatic carbocycles. The first-order chi connectivity index (χ1) is 12.6. The molecule has 0 spiro atoms. The fraction of sp³-hybridized carbons (Fsp3) is 0.524. The number of hydrogen-bond acceptors (Lipinski definition) is 5. The second-order valence-electron chi connectivity index (χ2n) is 7.64. The van der Waals surface area contributed by atoms with Crippen molar-refractivity contribution in [1.82, 2.24) is 15.3 Å². The van der Waals surface area contributed by atoms with Gasteiger partial charge in [0.05, 0.1) is 11.3 Å². The lowest BCUT2D eigenvalue weighted by Gasteiger charge is -2.33. The van der Waals surface area contributed by atoms with Gasteiger partial charge in [0, 0.05) is 24.3 Å². The van der Waals surface area contributed by atoms with Crippen LogP contribution in [0.15, 0.2) is 24.3 Å². The number of nitrogens with zero attached hydrogens (tertiary/aromatic N) is 3. The minimum atomic E-state index is -0.707. The van der Waals surface area contributed by atoms with Crippen molar-refractivity contribution in [1.29, 1.82) is 0 Å². The molecule has 2 aromatic rings. The number of piperidine rings is 1. The minimum absolute atomic E-state index is 0.707. The van der Waals surface area contributed by atoms with E-state index in [1.807, 2.05) is 0 Å². The first-order valence-corrected chi connectivity index (χ1v) is 9.71. The summed E-state index contributed by atoms with van der Waals surface area (Å²) in [7, 11) is 0. The second kappa shape index (κ2) is 6.97. The van der Waals surface area contributed by atoms with Crippen LogP contribution in [-0.2, 0) is 5.60 Å². The van der Waals surface area contributed by atoms with E-state index in [9.17, 15) is 5.11 Å². The molecule has 2 fully saturated rings. The number of aliphatic hydroxyl groups is 1. The van der Waals surface area contributed by atoms with Crippen LogP contribution in [0.3, 0.4) is 0 Å². The quantitative estimate of drug-likeness (QED) is 0.889. The van der Waals surface area contributed by atoms with E-state index in [4.69, 9.17) is 9.97 Å². The molecule has 2 aliphatic rings. The zero-order valence-electron chi connectivity index (χ0n) is 15.8.